The molecule has 0 heterocycles. The molecule has 1 saturated carbocycles. The molecule has 0 aromatic rings. The minimum absolute atomic E-state index is 0.149. The fourth-order valence-electron chi connectivity index (χ4n) is 1.88. The molecule has 1 atom stereocenters. The molecular formula is C9H19NO3S. The molecule has 0 aliphatic heterocycles. The molecule has 14 heavy (non-hydrogen) atoms. The molecule has 0 radical (unpaired) electrons. The molecule has 1 aliphatic carbocycles. The number of aliphatic hydroxyl groups excluding tert-OH is 1. The summed E-state index contributed by atoms with van der Waals surface area (Å²) < 4.78 is 25.5. The first-order chi connectivity index (χ1) is 6.53. The first-order valence-electron chi connectivity index (χ1n) is 5.14. The normalized spacial score (nSPS) is 21.3. The van der Waals surface area contributed by atoms with Gasteiger partial charge in [0.2, 0.25) is 10.0 Å². The number of rotatable bonds is 5. The lowest BCUT2D eigenvalue weighted by Crippen LogP contribution is -2.37. The zero-order valence-corrected chi connectivity index (χ0v) is 9.39. The Balaban J connectivity index is 2.40. The number of hydrogen-bond acceptors (Lipinski definition) is 3. The molecule has 0 aromatic heterocycles. The van der Waals surface area contributed by atoms with Gasteiger partial charge in [0, 0.05) is 6.04 Å². The van der Waals surface area contributed by atoms with Crippen molar-refractivity contribution in [3.05, 3.63) is 0 Å². The molecule has 0 aromatic carbocycles. The second-order valence-electron chi connectivity index (χ2n) is 4.13. The standard InChI is InChI=1S/C9H19NO3S/c1-8(6-11)10-14(12,13)7-9-4-2-3-5-9/h8-11H,2-7H2,1H3. The van der Waals surface area contributed by atoms with Crippen LogP contribution in [0.25, 0.3) is 0 Å². The quantitative estimate of drug-likeness (QED) is 0.709. The first-order valence-corrected chi connectivity index (χ1v) is 6.79. The molecule has 5 heteroatoms. The lowest BCUT2D eigenvalue weighted by molar-refractivity contribution is 0.265. The summed E-state index contributed by atoms with van der Waals surface area (Å²) in [5.41, 5.74) is 0. The van der Waals surface area contributed by atoms with E-state index in [0.717, 1.165) is 25.7 Å². The third-order valence-corrected chi connectivity index (χ3v) is 4.26. The van der Waals surface area contributed by atoms with Crippen molar-refractivity contribution in [2.75, 3.05) is 12.4 Å². The predicted molar refractivity (Wildman–Crippen MR) is 55.4 cm³/mol. The fourth-order valence-corrected chi connectivity index (χ4v) is 3.62. The van der Waals surface area contributed by atoms with Gasteiger partial charge in [0.1, 0.15) is 0 Å². The number of aliphatic hydroxyl groups is 1. The van der Waals surface area contributed by atoms with Crippen LogP contribution in [0.15, 0.2) is 0 Å². The minimum atomic E-state index is -3.19. The van der Waals surface area contributed by atoms with E-state index in [1.54, 1.807) is 6.92 Å². The topological polar surface area (TPSA) is 66.4 Å². The number of hydrogen-bond donors (Lipinski definition) is 2. The Labute approximate surface area is 85.8 Å². The molecule has 1 rings (SSSR count). The molecule has 0 bridgehead atoms. The Morgan fingerprint density at radius 3 is 2.50 bits per heavy atom. The highest BCUT2D eigenvalue weighted by Gasteiger charge is 2.23. The van der Waals surface area contributed by atoms with E-state index < -0.39 is 10.0 Å². The predicted octanol–water partition coefficient (Wildman–Crippen LogP) is 0.477. The van der Waals surface area contributed by atoms with E-state index in [-0.39, 0.29) is 18.4 Å². The maximum absolute atomic E-state index is 11.5. The van der Waals surface area contributed by atoms with Crippen molar-refractivity contribution in [1.29, 1.82) is 0 Å². The highest BCUT2D eigenvalue weighted by Crippen LogP contribution is 2.25. The van der Waals surface area contributed by atoms with Crippen LogP contribution >= 0.6 is 0 Å². The van der Waals surface area contributed by atoms with Crippen LogP contribution in [0.5, 0.6) is 0 Å². The SMILES string of the molecule is CC(CO)NS(=O)(=O)CC1CCCC1. The fraction of sp³-hybridized carbons (Fsp3) is 1.00. The van der Waals surface area contributed by atoms with Crippen LogP contribution < -0.4 is 4.72 Å². The van der Waals surface area contributed by atoms with Crippen LogP contribution in [0.2, 0.25) is 0 Å². The van der Waals surface area contributed by atoms with Gasteiger partial charge in [-0.05, 0) is 25.7 Å². The van der Waals surface area contributed by atoms with Crippen molar-refractivity contribution in [3.8, 4) is 0 Å². The van der Waals surface area contributed by atoms with Gasteiger partial charge in [-0.25, -0.2) is 13.1 Å². The maximum Gasteiger partial charge on any atom is 0.212 e. The Kier molecular flexibility index (Phi) is 4.34. The van der Waals surface area contributed by atoms with E-state index in [1.807, 2.05) is 0 Å². The average molecular weight is 221 g/mol. The first kappa shape index (κ1) is 11.9. The minimum Gasteiger partial charge on any atom is -0.395 e. The van der Waals surface area contributed by atoms with Crippen molar-refractivity contribution in [2.45, 2.75) is 38.6 Å². The summed E-state index contributed by atoms with van der Waals surface area (Å²) >= 11 is 0. The Morgan fingerprint density at radius 2 is 2.00 bits per heavy atom. The van der Waals surface area contributed by atoms with Crippen LogP contribution in [-0.4, -0.2) is 31.9 Å². The van der Waals surface area contributed by atoms with Crippen LogP contribution in [0, 0.1) is 5.92 Å². The third kappa shape index (κ3) is 3.94. The smallest absolute Gasteiger partial charge is 0.212 e. The summed E-state index contributed by atoms with van der Waals surface area (Å²) in [6.07, 6.45) is 4.34. The maximum atomic E-state index is 11.5. The van der Waals surface area contributed by atoms with Gasteiger partial charge in [-0.3, -0.25) is 0 Å². The Bertz CT molecular complexity index is 257. The van der Waals surface area contributed by atoms with Crippen molar-refractivity contribution >= 4 is 10.0 Å². The van der Waals surface area contributed by atoms with E-state index in [0.29, 0.717) is 5.92 Å². The van der Waals surface area contributed by atoms with Gasteiger partial charge < -0.3 is 5.11 Å². The zero-order chi connectivity index (χ0) is 10.6. The molecule has 1 fully saturated rings. The van der Waals surface area contributed by atoms with Gasteiger partial charge in [-0.1, -0.05) is 12.8 Å². The van der Waals surface area contributed by atoms with Gasteiger partial charge in [-0.15, -0.1) is 0 Å². The molecule has 84 valence electrons. The highest BCUT2D eigenvalue weighted by molar-refractivity contribution is 7.89. The summed E-state index contributed by atoms with van der Waals surface area (Å²) in [6.45, 7) is 1.51. The largest absolute Gasteiger partial charge is 0.395 e. The lowest BCUT2D eigenvalue weighted by atomic mass is 10.1. The molecule has 4 nitrogen and oxygen atoms in total. The third-order valence-electron chi connectivity index (χ3n) is 2.58. The molecular weight excluding hydrogens is 202 g/mol. The Morgan fingerprint density at radius 1 is 1.43 bits per heavy atom. The van der Waals surface area contributed by atoms with Gasteiger partial charge in [0.05, 0.1) is 12.4 Å². The average Bonchev–Trinajstić information content (AvgIpc) is 2.54. The van der Waals surface area contributed by atoms with Crippen molar-refractivity contribution in [3.63, 3.8) is 0 Å². The van der Waals surface area contributed by atoms with E-state index in [2.05, 4.69) is 4.72 Å². The Hall–Kier alpha value is -0.130. The van der Waals surface area contributed by atoms with E-state index >= 15 is 0 Å². The van der Waals surface area contributed by atoms with Gasteiger partial charge in [0.25, 0.3) is 0 Å². The molecule has 1 aliphatic rings. The van der Waals surface area contributed by atoms with Crippen molar-refractivity contribution in [1.82, 2.24) is 4.72 Å². The van der Waals surface area contributed by atoms with E-state index in [1.165, 1.54) is 0 Å². The number of nitrogens with one attached hydrogen (secondary N) is 1. The van der Waals surface area contributed by atoms with E-state index in [9.17, 15) is 8.42 Å². The summed E-state index contributed by atoms with van der Waals surface area (Å²) in [7, 11) is -3.19. The van der Waals surface area contributed by atoms with Crippen LogP contribution in [0.3, 0.4) is 0 Å². The molecule has 0 saturated heterocycles. The molecule has 2 N–H and O–H groups in total. The van der Waals surface area contributed by atoms with Crippen LogP contribution in [-0.2, 0) is 10.0 Å². The zero-order valence-electron chi connectivity index (χ0n) is 8.57. The number of sulfonamides is 1. The molecule has 0 amide bonds. The van der Waals surface area contributed by atoms with Crippen molar-refractivity contribution < 1.29 is 13.5 Å². The molecule has 0 spiro atoms. The highest BCUT2D eigenvalue weighted by atomic mass is 32.2. The second kappa shape index (κ2) is 5.09. The summed E-state index contributed by atoms with van der Waals surface area (Å²) in [5.74, 6) is 0.538. The van der Waals surface area contributed by atoms with Crippen LogP contribution in [0.1, 0.15) is 32.6 Å². The van der Waals surface area contributed by atoms with Gasteiger partial charge in [0.15, 0.2) is 0 Å². The summed E-state index contributed by atoms with van der Waals surface area (Å²) in [4.78, 5) is 0. The summed E-state index contributed by atoms with van der Waals surface area (Å²) in [6, 6.07) is -0.374. The van der Waals surface area contributed by atoms with E-state index in [4.69, 9.17) is 5.11 Å². The van der Waals surface area contributed by atoms with Crippen LogP contribution in [0.4, 0.5) is 0 Å². The second-order valence-corrected chi connectivity index (χ2v) is 5.93. The monoisotopic (exact) mass is 221 g/mol. The summed E-state index contributed by atoms with van der Waals surface area (Å²) in [5, 5.41) is 8.73. The molecule has 1 unspecified atom stereocenters. The van der Waals surface area contributed by atoms with Crippen molar-refractivity contribution in [2.24, 2.45) is 5.92 Å². The lowest BCUT2D eigenvalue weighted by Gasteiger charge is -2.14. The van der Waals surface area contributed by atoms with Gasteiger partial charge >= 0.3 is 0 Å². The van der Waals surface area contributed by atoms with Gasteiger partial charge in [-0.2, -0.15) is 0 Å².